The fourth-order valence-electron chi connectivity index (χ4n) is 3.17. The standard InChI is InChI=1S/C17H22O4/c1-12(18)13-4-5-15(16(10-13)19-2)21-14-6-9-20-17(11-14)7-3-8-17/h4-5,10,14H,3,6-9,11H2,1-2H3. The molecule has 1 unspecified atom stereocenters. The normalized spacial score (nSPS) is 23.4. The number of carbonyl (C=O) groups is 1. The number of hydrogen-bond acceptors (Lipinski definition) is 4. The van der Waals surface area contributed by atoms with Crippen LogP contribution in [0, 0.1) is 0 Å². The lowest BCUT2D eigenvalue weighted by Crippen LogP contribution is -2.48. The van der Waals surface area contributed by atoms with E-state index in [1.165, 1.54) is 6.42 Å². The molecule has 1 spiro atoms. The Balaban J connectivity index is 1.73. The van der Waals surface area contributed by atoms with E-state index in [1.54, 1.807) is 26.2 Å². The molecule has 0 N–H and O–H groups in total. The molecule has 21 heavy (non-hydrogen) atoms. The van der Waals surface area contributed by atoms with Gasteiger partial charge in [0.1, 0.15) is 6.10 Å². The zero-order chi connectivity index (χ0) is 14.9. The van der Waals surface area contributed by atoms with Gasteiger partial charge in [-0.1, -0.05) is 0 Å². The maximum absolute atomic E-state index is 11.4. The van der Waals surface area contributed by atoms with Crippen molar-refractivity contribution in [2.24, 2.45) is 0 Å². The molecule has 2 fully saturated rings. The van der Waals surface area contributed by atoms with E-state index in [2.05, 4.69) is 0 Å². The molecule has 0 aromatic heterocycles. The van der Waals surface area contributed by atoms with Gasteiger partial charge in [0, 0.05) is 18.4 Å². The first kappa shape index (κ1) is 14.4. The molecular formula is C17H22O4. The first-order chi connectivity index (χ1) is 10.1. The SMILES string of the molecule is COc1cc(C(C)=O)ccc1OC1CCOC2(CCC2)C1. The molecule has 0 amide bonds. The monoisotopic (exact) mass is 290 g/mol. The van der Waals surface area contributed by atoms with Gasteiger partial charge in [-0.3, -0.25) is 4.79 Å². The summed E-state index contributed by atoms with van der Waals surface area (Å²) in [5, 5.41) is 0. The van der Waals surface area contributed by atoms with Gasteiger partial charge in [-0.2, -0.15) is 0 Å². The van der Waals surface area contributed by atoms with Crippen LogP contribution < -0.4 is 9.47 Å². The Morgan fingerprint density at radius 3 is 2.76 bits per heavy atom. The molecule has 1 saturated carbocycles. The predicted octanol–water partition coefficient (Wildman–Crippen LogP) is 3.38. The maximum Gasteiger partial charge on any atom is 0.161 e. The minimum absolute atomic E-state index is 0.0272. The Morgan fingerprint density at radius 2 is 2.14 bits per heavy atom. The molecule has 0 radical (unpaired) electrons. The molecule has 4 heteroatoms. The summed E-state index contributed by atoms with van der Waals surface area (Å²) < 4.78 is 17.4. The van der Waals surface area contributed by atoms with Gasteiger partial charge in [-0.15, -0.1) is 0 Å². The zero-order valence-electron chi connectivity index (χ0n) is 12.7. The molecule has 1 aromatic carbocycles. The lowest BCUT2D eigenvalue weighted by molar-refractivity contribution is -0.153. The van der Waals surface area contributed by atoms with Gasteiger partial charge in [0.25, 0.3) is 0 Å². The average molecular weight is 290 g/mol. The number of ether oxygens (including phenoxy) is 3. The first-order valence-electron chi connectivity index (χ1n) is 7.61. The highest BCUT2D eigenvalue weighted by Gasteiger charge is 2.43. The first-order valence-corrected chi connectivity index (χ1v) is 7.61. The number of Topliss-reactive ketones (excluding diaryl/α,β-unsaturated/α-hetero) is 1. The van der Waals surface area contributed by atoms with Crippen molar-refractivity contribution in [1.29, 1.82) is 0 Å². The summed E-state index contributed by atoms with van der Waals surface area (Å²) in [6, 6.07) is 5.37. The molecular weight excluding hydrogens is 268 g/mol. The topological polar surface area (TPSA) is 44.8 Å². The third-order valence-electron chi connectivity index (χ3n) is 4.58. The van der Waals surface area contributed by atoms with Gasteiger partial charge in [-0.05, 0) is 44.4 Å². The highest BCUT2D eigenvalue weighted by Crippen LogP contribution is 2.43. The fraction of sp³-hybridized carbons (Fsp3) is 0.588. The molecule has 2 aliphatic rings. The Bertz CT molecular complexity index is 534. The molecule has 1 saturated heterocycles. The van der Waals surface area contributed by atoms with E-state index >= 15 is 0 Å². The summed E-state index contributed by atoms with van der Waals surface area (Å²) in [6.45, 7) is 2.31. The van der Waals surface area contributed by atoms with E-state index < -0.39 is 0 Å². The number of carbonyl (C=O) groups excluding carboxylic acids is 1. The summed E-state index contributed by atoms with van der Waals surface area (Å²) >= 11 is 0. The molecule has 0 bridgehead atoms. The van der Waals surface area contributed by atoms with E-state index in [0.717, 1.165) is 32.3 Å². The Labute approximate surface area is 125 Å². The van der Waals surface area contributed by atoms with Crippen molar-refractivity contribution >= 4 is 5.78 Å². The van der Waals surface area contributed by atoms with Crippen molar-refractivity contribution in [3.8, 4) is 11.5 Å². The fourth-order valence-corrected chi connectivity index (χ4v) is 3.17. The van der Waals surface area contributed by atoms with Crippen LogP contribution in [0.25, 0.3) is 0 Å². The van der Waals surface area contributed by atoms with Crippen LogP contribution in [0.5, 0.6) is 11.5 Å². The minimum Gasteiger partial charge on any atom is -0.493 e. The molecule has 1 aliphatic carbocycles. The number of ketones is 1. The summed E-state index contributed by atoms with van der Waals surface area (Å²) in [7, 11) is 1.60. The molecule has 1 heterocycles. The molecule has 1 aromatic rings. The highest BCUT2D eigenvalue weighted by molar-refractivity contribution is 5.94. The van der Waals surface area contributed by atoms with Crippen molar-refractivity contribution in [3.63, 3.8) is 0 Å². The Hall–Kier alpha value is -1.55. The number of benzene rings is 1. The van der Waals surface area contributed by atoms with Crippen molar-refractivity contribution in [2.75, 3.05) is 13.7 Å². The van der Waals surface area contributed by atoms with Crippen LogP contribution in [0.1, 0.15) is 49.4 Å². The number of rotatable bonds is 4. The molecule has 4 nitrogen and oxygen atoms in total. The van der Waals surface area contributed by atoms with Gasteiger partial charge in [0.15, 0.2) is 17.3 Å². The summed E-state index contributed by atoms with van der Waals surface area (Å²) in [5.74, 6) is 1.36. The molecule has 1 atom stereocenters. The van der Waals surface area contributed by atoms with Crippen LogP contribution in [0.15, 0.2) is 18.2 Å². The lowest BCUT2D eigenvalue weighted by atomic mass is 9.74. The van der Waals surface area contributed by atoms with Gasteiger partial charge in [-0.25, -0.2) is 0 Å². The van der Waals surface area contributed by atoms with Crippen LogP contribution >= 0.6 is 0 Å². The van der Waals surface area contributed by atoms with Crippen molar-refractivity contribution in [3.05, 3.63) is 23.8 Å². The van der Waals surface area contributed by atoms with E-state index in [0.29, 0.717) is 17.1 Å². The van der Waals surface area contributed by atoms with Gasteiger partial charge < -0.3 is 14.2 Å². The quantitative estimate of drug-likeness (QED) is 0.797. The van der Waals surface area contributed by atoms with E-state index in [-0.39, 0.29) is 17.5 Å². The Kier molecular flexibility index (Phi) is 3.89. The summed E-state index contributed by atoms with van der Waals surface area (Å²) in [4.78, 5) is 11.4. The number of hydrogen-bond donors (Lipinski definition) is 0. The van der Waals surface area contributed by atoms with Crippen molar-refractivity contribution < 1.29 is 19.0 Å². The summed E-state index contributed by atoms with van der Waals surface area (Å²) in [6.07, 6.45) is 5.56. The average Bonchev–Trinajstić information content (AvgIpc) is 2.46. The molecule has 114 valence electrons. The largest absolute Gasteiger partial charge is 0.493 e. The maximum atomic E-state index is 11.4. The second-order valence-electron chi connectivity index (χ2n) is 6.04. The van der Waals surface area contributed by atoms with Gasteiger partial charge >= 0.3 is 0 Å². The lowest BCUT2D eigenvalue weighted by Gasteiger charge is -2.46. The summed E-state index contributed by atoms with van der Waals surface area (Å²) in [5.41, 5.74) is 0.705. The Morgan fingerprint density at radius 1 is 1.33 bits per heavy atom. The highest BCUT2D eigenvalue weighted by atomic mass is 16.5. The third kappa shape index (κ3) is 2.91. The minimum atomic E-state index is 0.0272. The van der Waals surface area contributed by atoms with Crippen LogP contribution in [0.4, 0.5) is 0 Å². The van der Waals surface area contributed by atoms with E-state index in [9.17, 15) is 4.79 Å². The van der Waals surface area contributed by atoms with Crippen LogP contribution in [0.2, 0.25) is 0 Å². The second-order valence-corrected chi connectivity index (χ2v) is 6.04. The van der Waals surface area contributed by atoms with Gasteiger partial charge in [0.05, 0.1) is 19.3 Å². The van der Waals surface area contributed by atoms with Crippen molar-refractivity contribution in [1.82, 2.24) is 0 Å². The molecule has 1 aliphatic heterocycles. The second kappa shape index (κ2) is 5.68. The van der Waals surface area contributed by atoms with Crippen LogP contribution in [-0.2, 0) is 4.74 Å². The van der Waals surface area contributed by atoms with Gasteiger partial charge in [0.2, 0.25) is 0 Å². The third-order valence-corrected chi connectivity index (χ3v) is 4.58. The van der Waals surface area contributed by atoms with Crippen molar-refractivity contribution in [2.45, 2.75) is 50.7 Å². The smallest absolute Gasteiger partial charge is 0.161 e. The van der Waals surface area contributed by atoms with E-state index in [4.69, 9.17) is 14.2 Å². The van der Waals surface area contributed by atoms with E-state index in [1.807, 2.05) is 6.07 Å². The van der Waals surface area contributed by atoms with Crippen LogP contribution in [0.3, 0.4) is 0 Å². The van der Waals surface area contributed by atoms with Crippen LogP contribution in [-0.4, -0.2) is 31.2 Å². The predicted molar refractivity (Wildman–Crippen MR) is 79.2 cm³/mol. The zero-order valence-corrected chi connectivity index (χ0v) is 12.7. The molecule has 3 rings (SSSR count). The number of methoxy groups -OCH3 is 1.